The van der Waals surface area contributed by atoms with Crippen LogP contribution in [0.15, 0.2) is 42.6 Å². The van der Waals surface area contributed by atoms with Gasteiger partial charge in [0.25, 0.3) is 0 Å². The Kier molecular flexibility index (Phi) is 4.59. The smallest absolute Gasteiger partial charge is 0.483 e. The second kappa shape index (κ2) is 6.61. The lowest BCUT2D eigenvalue weighted by Crippen LogP contribution is -2.29. The van der Waals surface area contributed by atoms with Gasteiger partial charge in [0.05, 0.1) is 18.4 Å². The average molecular weight is 379 g/mol. The Morgan fingerprint density at radius 3 is 2.63 bits per heavy atom. The third kappa shape index (κ3) is 4.05. The van der Waals surface area contributed by atoms with E-state index < -0.39 is 23.7 Å². The highest BCUT2D eigenvalue weighted by atomic mass is 19.4. The maximum Gasteiger partial charge on any atom is 0.573 e. The van der Waals surface area contributed by atoms with E-state index in [9.17, 15) is 18.0 Å². The van der Waals surface area contributed by atoms with E-state index in [4.69, 9.17) is 9.47 Å². The molecule has 1 aromatic carbocycles. The van der Waals surface area contributed by atoms with Crippen molar-refractivity contribution in [2.24, 2.45) is 0 Å². The molecule has 0 aliphatic carbocycles. The fraction of sp³-hybridized carbons (Fsp3) is 0.263. The van der Waals surface area contributed by atoms with Gasteiger partial charge < -0.3 is 14.2 Å². The number of esters is 1. The van der Waals surface area contributed by atoms with Crippen LogP contribution in [-0.4, -0.2) is 30.0 Å². The number of ether oxygens (including phenoxy) is 3. The second-order valence-electron chi connectivity index (χ2n) is 6.36. The van der Waals surface area contributed by atoms with E-state index in [2.05, 4.69) is 9.72 Å². The van der Waals surface area contributed by atoms with Gasteiger partial charge in [-0.3, -0.25) is 4.98 Å². The summed E-state index contributed by atoms with van der Waals surface area (Å²) in [6, 6.07) is 6.88. The molecular weight excluding hydrogens is 363 g/mol. The SMILES string of the molecule is COC(=O)c1cccnc1C1=CC(C)(C)Oc2ccc(OC(F)(F)F)cc21. The fourth-order valence-electron chi connectivity index (χ4n) is 2.83. The molecule has 0 N–H and O–H groups in total. The molecule has 142 valence electrons. The zero-order valence-corrected chi connectivity index (χ0v) is 14.8. The van der Waals surface area contributed by atoms with Gasteiger partial charge in [-0.15, -0.1) is 13.2 Å². The number of carbonyl (C=O) groups excluding carboxylic acids is 1. The summed E-state index contributed by atoms with van der Waals surface area (Å²) in [6.07, 6.45) is -1.64. The predicted octanol–water partition coefficient (Wildman–Crippen LogP) is 4.37. The summed E-state index contributed by atoms with van der Waals surface area (Å²) in [4.78, 5) is 16.4. The molecule has 27 heavy (non-hydrogen) atoms. The van der Waals surface area contributed by atoms with Crippen molar-refractivity contribution >= 4 is 11.5 Å². The van der Waals surface area contributed by atoms with Crippen molar-refractivity contribution in [3.63, 3.8) is 0 Å². The number of aromatic nitrogens is 1. The van der Waals surface area contributed by atoms with E-state index in [1.165, 1.54) is 37.6 Å². The van der Waals surface area contributed by atoms with Gasteiger partial charge in [0.1, 0.15) is 17.1 Å². The Morgan fingerprint density at radius 1 is 1.22 bits per heavy atom. The van der Waals surface area contributed by atoms with Gasteiger partial charge in [0.2, 0.25) is 0 Å². The minimum Gasteiger partial charge on any atom is -0.483 e. The molecule has 0 fully saturated rings. The van der Waals surface area contributed by atoms with Gasteiger partial charge in [-0.1, -0.05) is 0 Å². The van der Waals surface area contributed by atoms with Crippen molar-refractivity contribution in [3.05, 3.63) is 59.4 Å². The molecule has 0 radical (unpaired) electrons. The Labute approximate surface area is 153 Å². The highest BCUT2D eigenvalue weighted by Crippen LogP contribution is 2.42. The van der Waals surface area contributed by atoms with Crippen LogP contribution in [0.4, 0.5) is 13.2 Å². The van der Waals surface area contributed by atoms with Crippen molar-refractivity contribution in [2.45, 2.75) is 25.8 Å². The quantitative estimate of drug-likeness (QED) is 0.742. The highest BCUT2D eigenvalue weighted by Gasteiger charge is 2.34. The van der Waals surface area contributed by atoms with Gasteiger partial charge in [0, 0.05) is 17.3 Å². The van der Waals surface area contributed by atoms with Gasteiger partial charge >= 0.3 is 12.3 Å². The normalized spacial score (nSPS) is 15.3. The van der Waals surface area contributed by atoms with E-state index in [0.717, 1.165) is 0 Å². The van der Waals surface area contributed by atoms with Gasteiger partial charge in [-0.2, -0.15) is 0 Å². The standard InChI is InChI=1S/C19H16F3NO4/c1-18(2)10-14(16-12(17(24)25-3)5-4-8-23-16)13-9-11(26-19(20,21)22)6-7-15(13)27-18/h4-10H,1-3H3. The molecule has 2 heterocycles. The Balaban J connectivity index is 2.18. The van der Waals surface area contributed by atoms with E-state index in [1.54, 1.807) is 26.0 Å². The predicted molar refractivity (Wildman–Crippen MR) is 90.5 cm³/mol. The lowest BCUT2D eigenvalue weighted by molar-refractivity contribution is -0.274. The van der Waals surface area contributed by atoms with Crippen LogP contribution in [0, 0.1) is 0 Å². The molecule has 1 aliphatic rings. The number of alkyl halides is 3. The Hall–Kier alpha value is -3.03. The molecule has 0 amide bonds. The number of hydrogen-bond donors (Lipinski definition) is 0. The van der Waals surface area contributed by atoms with Crippen molar-refractivity contribution in [3.8, 4) is 11.5 Å². The number of methoxy groups -OCH3 is 1. The molecular formula is C19H16F3NO4. The second-order valence-corrected chi connectivity index (χ2v) is 6.36. The topological polar surface area (TPSA) is 57.7 Å². The highest BCUT2D eigenvalue weighted by molar-refractivity contribution is 5.98. The minimum atomic E-state index is -4.82. The maximum atomic E-state index is 12.6. The summed E-state index contributed by atoms with van der Waals surface area (Å²) in [5.74, 6) is -0.646. The lowest BCUT2D eigenvalue weighted by Gasteiger charge is -2.31. The zero-order chi connectivity index (χ0) is 19.8. The molecule has 8 heteroatoms. The van der Waals surface area contributed by atoms with Gasteiger partial charge in [0.15, 0.2) is 0 Å². The molecule has 0 atom stereocenters. The number of rotatable bonds is 3. The van der Waals surface area contributed by atoms with Crippen LogP contribution in [0.3, 0.4) is 0 Å². The van der Waals surface area contributed by atoms with Crippen molar-refractivity contribution in [1.82, 2.24) is 4.98 Å². The largest absolute Gasteiger partial charge is 0.573 e. The summed E-state index contributed by atoms with van der Waals surface area (Å²) in [7, 11) is 1.24. The first-order valence-corrected chi connectivity index (χ1v) is 7.95. The molecule has 1 aliphatic heterocycles. The summed E-state index contributed by atoms with van der Waals surface area (Å²) < 4.78 is 52.4. The third-order valence-electron chi connectivity index (χ3n) is 3.81. The Bertz CT molecular complexity index is 919. The third-order valence-corrected chi connectivity index (χ3v) is 3.81. The molecule has 0 saturated heterocycles. The first-order valence-electron chi connectivity index (χ1n) is 7.95. The van der Waals surface area contributed by atoms with E-state index in [0.29, 0.717) is 16.9 Å². The number of carbonyl (C=O) groups is 1. The summed E-state index contributed by atoms with van der Waals surface area (Å²) in [6.45, 7) is 3.58. The number of hydrogen-bond acceptors (Lipinski definition) is 5. The van der Waals surface area contributed by atoms with Crippen molar-refractivity contribution in [2.75, 3.05) is 7.11 Å². The summed E-state index contributed by atoms with van der Waals surface area (Å²) in [5, 5.41) is 0. The lowest BCUT2D eigenvalue weighted by atomic mass is 9.90. The Morgan fingerprint density at radius 2 is 1.96 bits per heavy atom. The monoisotopic (exact) mass is 379 g/mol. The number of benzene rings is 1. The molecule has 0 bridgehead atoms. The van der Waals surface area contributed by atoms with Crippen LogP contribution in [0.1, 0.15) is 35.5 Å². The van der Waals surface area contributed by atoms with Crippen LogP contribution >= 0.6 is 0 Å². The molecule has 1 aromatic heterocycles. The van der Waals surface area contributed by atoms with E-state index >= 15 is 0 Å². The maximum absolute atomic E-state index is 12.6. The van der Waals surface area contributed by atoms with Crippen molar-refractivity contribution in [1.29, 1.82) is 0 Å². The van der Waals surface area contributed by atoms with E-state index in [-0.39, 0.29) is 11.3 Å². The molecule has 5 nitrogen and oxygen atoms in total. The first-order chi connectivity index (χ1) is 12.6. The number of pyridine rings is 1. The van der Waals surface area contributed by atoms with E-state index in [1.807, 2.05) is 0 Å². The minimum absolute atomic E-state index is 0.192. The van der Waals surface area contributed by atoms with Gasteiger partial charge in [-0.05, 0) is 50.3 Å². The number of halogens is 3. The summed E-state index contributed by atoms with van der Waals surface area (Å²) in [5.41, 5.74) is 0.498. The molecule has 2 aromatic rings. The molecule has 0 spiro atoms. The van der Waals surface area contributed by atoms with Crippen LogP contribution in [0.25, 0.3) is 5.57 Å². The molecule has 0 saturated carbocycles. The van der Waals surface area contributed by atoms with Crippen molar-refractivity contribution < 1.29 is 32.2 Å². The number of fused-ring (bicyclic) bond motifs is 1. The fourth-order valence-corrected chi connectivity index (χ4v) is 2.83. The molecule has 3 rings (SSSR count). The first kappa shape index (κ1) is 18.8. The van der Waals surface area contributed by atoms with Crippen LogP contribution in [0.2, 0.25) is 0 Å². The van der Waals surface area contributed by atoms with Crippen LogP contribution < -0.4 is 9.47 Å². The van der Waals surface area contributed by atoms with Crippen LogP contribution in [0.5, 0.6) is 11.5 Å². The van der Waals surface area contributed by atoms with Gasteiger partial charge in [-0.25, -0.2) is 4.79 Å². The summed E-state index contributed by atoms with van der Waals surface area (Å²) >= 11 is 0. The molecule has 0 unspecified atom stereocenters. The van der Waals surface area contributed by atoms with Crippen LogP contribution in [-0.2, 0) is 4.74 Å². The number of nitrogens with zero attached hydrogens (tertiary/aromatic N) is 1. The average Bonchev–Trinajstić information content (AvgIpc) is 2.59. The zero-order valence-electron chi connectivity index (χ0n) is 14.8.